The molecule has 3 rings (SSSR count). The van der Waals surface area contributed by atoms with Crippen LogP contribution in [0.4, 0.5) is 0 Å². The molecular formula is C20H24N2S2. The molecule has 0 radical (unpaired) electrons. The van der Waals surface area contributed by atoms with Crippen molar-refractivity contribution < 1.29 is 0 Å². The van der Waals surface area contributed by atoms with E-state index in [9.17, 15) is 0 Å². The third-order valence-electron chi connectivity index (χ3n) is 4.30. The Bertz CT molecular complexity index is 871. The minimum absolute atomic E-state index is 0.201. The summed E-state index contributed by atoms with van der Waals surface area (Å²) in [5, 5.41) is 2.35. The summed E-state index contributed by atoms with van der Waals surface area (Å²) in [6.45, 7) is 13.1. The molecule has 0 amide bonds. The van der Waals surface area contributed by atoms with Crippen LogP contribution in [0.2, 0.25) is 0 Å². The van der Waals surface area contributed by atoms with E-state index in [-0.39, 0.29) is 5.41 Å². The highest BCUT2D eigenvalue weighted by atomic mass is 32.2. The van der Waals surface area contributed by atoms with Crippen LogP contribution in [-0.2, 0) is 11.2 Å². The molecule has 2 aromatic heterocycles. The number of rotatable bonds is 3. The number of fused-ring (bicyclic) bond motifs is 1. The van der Waals surface area contributed by atoms with Crippen LogP contribution in [0.1, 0.15) is 48.2 Å². The first-order valence-corrected chi connectivity index (χ1v) is 10.0. The van der Waals surface area contributed by atoms with Crippen molar-refractivity contribution in [2.45, 2.75) is 57.7 Å². The largest absolute Gasteiger partial charge is 0.226 e. The third kappa shape index (κ3) is 3.50. The van der Waals surface area contributed by atoms with Gasteiger partial charge in [0.1, 0.15) is 15.7 Å². The van der Waals surface area contributed by atoms with Gasteiger partial charge in [-0.05, 0) is 42.9 Å². The number of nitrogens with zero attached hydrogens (tertiary/aromatic N) is 2. The monoisotopic (exact) mass is 356 g/mol. The predicted molar refractivity (Wildman–Crippen MR) is 106 cm³/mol. The summed E-state index contributed by atoms with van der Waals surface area (Å²) in [6, 6.07) is 8.97. The molecule has 3 aromatic rings. The van der Waals surface area contributed by atoms with Crippen molar-refractivity contribution in [1.29, 1.82) is 0 Å². The van der Waals surface area contributed by atoms with Crippen molar-refractivity contribution in [3.05, 3.63) is 51.7 Å². The van der Waals surface area contributed by atoms with Crippen molar-refractivity contribution in [3.8, 4) is 0 Å². The molecule has 0 bridgehead atoms. The van der Waals surface area contributed by atoms with E-state index in [0.717, 1.165) is 21.4 Å². The lowest BCUT2D eigenvalue weighted by Crippen LogP contribution is -2.10. The van der Waals surface area contributed by atoms with E-state index in [1.165, 1.54) is 27.0 Å². The van der Waals surface area contributed by atoms with E-state index in [4.69, 9.17) is 4.98 Å². The van der Waals surface area contributed by atoms with E-state index < -0.39 is 0 Å². The highest BCUT2D eigenvalue weighted by Crippen LogP contribution is 2.36. The number of benzene rings is 1. The maximum absolute atomic E-state index is 4.71. The molecule has 126 valence electrons. The highest BCUT2D eigenvalue weighted by Gasteiger charge is 2.15. The first kappa shape index (κ1) is 17.4. The molecule has 0 atom stereocenters. The standard InChI is InChI=1S/C20H24N2S2/c1-12-13(2)24-19-17(12)18(21-14(3)22-19)23-11-15-7-9-16(10-8-15)20(4,5)6/h7-10H,11H2,1-6H3. The second-order valence-electron chi connectivity index (χ2n) is 7.27. The molecule has 0 N–H and O–H groups in total. The topological polar surface area (TPSA) is 25.8 Å². The van der Waals surface area contributed by atoms with E-state index in [0.29, 0.717) is 0 Å². The molecule has 0 saturated heterocycles. The smallest absolute Gasteiger partial charge is 0.128 e. The third-order valence-corrected chi connectivity index (χ3v) is 6.45. The van der Waals surface area contributed by atoms with Crippen molar-refractivity contribution in [3.63, 3.8) is 0 Å². The van der Waals surface area contributed by atoms with Crippen LogP contribution < -0.4 is 0 Å². The molecule has 2 nitrogen and oxygen atoms in total. The minimum atomic E-state index is 0.201. The molecule has 0 unspecified atom stereocenters. The zero-order valence-electron chi connectivity index (χ0n) is 15.2. The predicted octanol–water partition coefficient (Wildman–Crippen LogP) is 6.21. The Morgan fingerprint density at radius 2 is 1.67 bits per heavy atom. The first-order valence-electron chi connectivity index (χ1n) is 8.22. The Morgan fingerprint density at radius 1 is 1.00 bits per heavy atom. The summed E-state index contributed by atoms with van der Waals surface area (Å²) in [5.41, 5.74) is 4.23. The van der Waals surface area contributed by atoms with Crippen LogP contribution in [0.15, 0.2) is 29.3 Å². The first-order chi connectivity index (χ1) is 11.3. The lowest BCUT2D eigenvalue weighted by molar-refractivity contribution is 0.590. The Kier molecular flexibility index (Phi) is 4.71. The lowest BCUT2D eigenvalue weighted by atomic mass is 9.87. The molecule has 0 aliphatic heterocycles. The Hall–Kier alpha value is -1.39. The fourth-order valence-electron chi connectivity index (χ4n) is 2.67. The second-order valence-corrected chi connectivity index (χ2v) is 9.44. The fourth-order valence-corrected chi connectivity index (χ4v) is 4.90. The molecule has 4 heteroatoms. The lowest BCUT2D eigenvalue weighted by Gasteiger charge is -2.19. The number of thioether (sulfide) groups is 1. The van der Waals surface area contributed by atoms with Gasteiger partial charge >= 0.3 is 0 Å². The van der Waals surface area contributed by atoms with E-state index >= 15 is 0 Å². The molecule has 0 fully saturated rings. The van der Waals surface area contributed by atoms with Crippen LogP contribution >= 0.6 is 23.1 Å². The number of hydrogen-bond donors (Lipinski definition) is 0. The highest BCUT2D eigenvalue weighted by molar-refractivity contribution is 7.98. The van der Waals surface area contributed by atoms with Crippen molar-refractivity contribution >= 4 is 33.3 Å². The molecule has 1 aromatic carbocycles. The summed E-state index contributed by atoms with van der Waals surface area (Å²) >= 11 is 3.58. The quantitative estimate of drug-likeness (QED) is 0.412. The summed E-state index contributed by atoms with van der Waals surface area (Å²) in [4.78, 5) is 11.8. The molecule has 0 aliphatic carbocycles. The van der Waals surface area contributed by atoms with Gasteiger partial charge in [-0.2, -0.15) is 0 Å². The van der Waals surface area contributed by atoms with Gasteiger partial charge in [0.05, 0.1) is 0 Å². The molecular weight excluding hydrogens is 332 g/mol. The van der Waals surface area contributed by atoms with Crippen molar-refractivity contribution in [1.82, 2.24) is 9.97 Å². The van der Waals surface area contributed by atoms with E-state index in [2.05, 4.69) is 63.9 Å². The number of hydrogen-bond acceptors (Lipinski definition) is 4. The normalized spacial score (nSPS) is 12.1. The van der Waals surface area contributed by atoms with Crippen molar-refractivity contribution in [2.24, 2.45) is 0 Å². The van der Waals surface area contributed by atoms with Gasteiger partial charge in [0.2, 0.25) is 0 Å². The van der Waals surface area contributed by atoms with Gasteiger partial charge in [0, 0.05) is 16.0 Å². The maximum atomic E-state index is 4.71. The van der Waals surface area contributed by atoms with Gasteiger partial charge in [-0.3, -0.25) is 0 Å². The zero-order chi connectivity index (χ0) is 17.5. The number of aryl methyl sites for hydroxylation is 3. The minimum Gasteiger partial charge on any atom is -0.226 e. The molecule has 24 heavy (non-hydrogen) atoms. The van der Waals surface area contributed by atoms with Gasteiger partial charge in [-0.15, -0.1) is 23.1 Å². The van der Waals surface area contributed by atoms with Crippen LogP contribution in [-0.4, -0.2) is 9.97 Å². The number of aromatic nitrogens is 2. The van der Waals surface area contributed by atoms with Crippen LogP contribution in [0.5, 0.6) is 0 Å². The number of thiophene rings is 1. The zero-order valence-corrected chi connectivity index (χ0v) is 16.9. The molecule has 2 heterocycles. The summed E-state index contributed by atoms with van der Waals surface area (Å²) in [7, 11) is 0. The Balaban J connectivity index is 1.86. The molecule has 0 saturated carbocycles. The molecule has 0 spiro atoms. The average molecular weight is 357 g/mol. The van der Waals surface area contributed by atoms with E-state index in [1.54, 1.807) is 11.3 Å². The van der Waals surface area contributed by atoms with Crippen LogP contribution in [0, 0.1) is 20.8 Å². The summed E-state index contributed by atoms with van der Waals surface area (Å²) < 4.78 is 0. The Morgan fingerprint density at radius 3 is 2.29 bits per heavy atom. The van der Waals surface area contributed by atoms with Gasteiger partial charge in [0.25, 0.3) is 0 Å². The van der Waals surface area contributed by atoms with E-state index in [1.807, 2.05) is 18.7 Å². The molecule has 0 aliphatic rings. The fraction of sp³-hybridized carbons (Fsp3) is 0.400. The van der Waals surface area contributed by atoms with Gasteiger partial charge in [-0.1, -0.05) is 45.0 Å². The van der Waals surface area contributed by atoms with Gasteiger partial charge in [0.15, 0.2) is 0 Å². The Labute approximate surface area is 152 Å². The SMILES string of the molecule is Cc1nc(SCc2ccc(C(C)(C)C)cc2)c2c(C)c(C)sc2n1. The van der Waals surface area contributed by atoms with Gasteiger partial charge < -0.3 is 0 Å². The average Bonchev–Trinajstić information content (AvgIpc) is 2.79. The van der Waals surface area contributed by atoms with Crippen LogP contribution in [0.25, 0.3) is 10.2 Å². The van der Waals surface area contributed by atoms with Crippen molar-refractivity contribution in [2.75, 3.05) is 0 Å². The maximum Gasteiger partial charge on any atom is 0.128 e. The van der Waals surface area contributed by atoms with Crippen LogP contribution in [0.3, 0.4) is 0 Å². The van der Waals surface area contributed by atoms with Gasteiger partial charge in [-0.25, -0.2) is 9.97 Å². The second kappa shape index (κ2) is 6.49. The summed E-state index contributed by atoms with van der Waals surface area (Å²) in [6.07, 6.45) is 0. The summed E-state index contributed by atoms with van der Waals surface area (Å²) in [5.74, 6) is 1.79.